The first-order valence-electron chi connectivity index (χ1n) is 5.06. The van der Waals surface area contributed by atoms with Crippen molar-refractivity contribution >= 4 is 11.9 Å². The zero-order chi connectivity index (χ0) is 13.8. The van der Waals surface area contributed by atoms with E-state index in [4.69, 9.17) is 4.74 Å². The van der Waals surface area contributed by atoms with Crippen molar-refractivity contribution in [1.82, 2.24) is 0 Å². The number of methoxy groups -OCH3 is 3. The fourth-order valence-electron chi connectivity index (χ4n) is 0.905. The molecule has 8 heteroatoms. The molecule has 1 atom stereocenters. The van der Waals surface area contributed by atoms with Gasteiger partial charge in [-0.25, -0.2) is 4.79 Å². The summed E-state index contributed by atoms with van der Waals surface area (Å²) in [7, 11) is 4.13. The highest BCUT2D eigenvalue weighted by molar-refractivity contribution is 5.81. The Labute approximate surface area is 105 Å². The molecule has 0 aliphatic rings. The van der Waals surface area contributed by atoms with E-state index in [0.29, 0.717) is 0 Å². The lowest BCUT2D eigenvalue weighted by molar-refractivity contribution is -0.181. The number of esters is 2. The van der Waals surface area contributed by atoms with Crippen LogP contribution in [0.15, 0.2) is 0 Å². The van der Waals surface area contributed by atoms with Gasteiger partial charge in [0.05, 0.1) is 6.42 Å². The maximum atomic E-state index is 11.5. The molecule has 0 aliphatic carbocycles. The van der Waals surface area contributed by atoms with Gasteiger partial charge in [-0.3, -0.25) is 4.79 Å². The van der Waals surface area contributed by atoms with Gasteiger partial charge in [0.1, 0.15) is 6.79 Å². The number of carbonyl (C=O) groups is 2. The van der Waals surface area contributed by atoms with Crippen LogP contribution in [-0.4, -0.2) is 59.8 Å². The fourth-order valence-corrected chi connectivity index (χ4v) is 0.905. The monoisotopic (exact) mass is 266 g/mol. The second-order valence-corrected chi connectivity index (χ2v) is 3.06. The number of carbonyl (C=O) groups excluding carboxylic acids is 2. The molecule has 0 aromatic carbocycles. The van der Waals surface area contributed by atoms with Gasteiger partial charge in [0.2, 0.25) is 0 Å². The van der Waals surface area contributed by atoms with Crippen LogP contribution in [0.4, 0.5) is 0 Å². The molecule has 0 unspecified atom stereocenters. The molecule has 0 aromatic heterocycles. The van der Waals surface area contributed by atoms with Crippen LogP contribution in [0.1, 0.15) is 6.42 Å². The first kappa shape index (κ1) is 16.8. The van der Waals surface area contributed by atoms with Crippen LogP contribution >= 0.6 is 0 Å². The SMILES string of the molecule is COCOC(=O)C[C@H](OCOC)C(=O)OCOC. The van der Waals surface area contributed by atoms with E-state index in [2.05, 4.69) is 23.7 Å². The summed E-state index contributed by atoms with van der Waals surface area (Å²) in [5.74, 6) is -1.38. The zero-order valence-electron chi connectivity index (χ0n) is 10.7. The molecule has 0 saturated heterocycles. The molecule has 0 rings (SSSR count). The lowest BCUT2D eigenvalue weighted by Crippen LogP contribution is -2.31. The summed E-state index contributed by atoms with van der Waals surface area (Å²) >= 11 is 0. The summed E-state index contributed by atoms with van der Waals surface area (Å²) in [5.41, 5.74) is 0. The standard InChI is InChI=1S/C10H18O8/c1-13-5-16-8(10(12)18-7-15-3)4-9(11)17-6-14-2/h8H,4-7H2,1-3H3/t8-/m0/s1. The largest absolute Gasteiger partial charge is 0.438 e. The molecule has 0 heterocycles. The first-order chi connectivity index (χ1) is 8.65. The maximum absolute atomic E-state index is 11.5. The van der Waals surface area contributed by atoms with Crippen LogP contribution in [0.5, 0.6) is 0 Å². The normalized spacial score (nSPS) is 11.9. The van der Waals surface area contributed by atoms with Crippen molar-refractivity contribution in [3.63, 3.8) is 0 Å². The van der Waals surface area contributed by atoms with Crippen LogP contribution in [0.2, 0.25) is 0 Å². The average Bonchev–Trinajstić information content (AvgIpc) is 2.38. The fraction of sp³-hybridized carbons (Fsp3) is 0.800. The minimum absolute atomic E-state index is 0.149. The Balaban J connectivity index is 4.19. The van der Waals surface area contributed by atoms with Gasteiger partial charge < -0.3 is 28.4 Å². The van der Waals surface area contributed by atoms with Crippen LogP contribution in [-0.2, 0) is 38.0 Å². The minimum atomic E-state index is -1.11. The van der Waals surface area contributed by atoms with Gasteiger partial charge in [-0.05, 0) is 0 Å². The third-order valence-electron chi connectivity index (χ3n) is 1.66. The summed E-state index contributed by atoms with van der Waals surface area (Å²) in [6, 6.07) is 0. The van der Waals surface area contributed by atoms with E-state index in [1.165, 1.54) is 21.3 Å². The Hall–Kier alpha value is -1.22. The van der Waals surface area contributed by atoms with Crippen LogP contribution < -0.4 is 0 Å². The van der Waals surface area contributed by atoms with E-state index < -0.39 is 18.0 Å². The van der Waals surface area contributed by atoms with Crippen molar-refractivity contribution in [1.29, 1.82) is 0 Å². The lowest BCUT2D eigenvalue weighted by Gasteiger charge is -2.15. The van der Waals surface area contributed by atoms with Crippen molar-refractivity contribution in [3.8, 4) is 0 Å². The van der Waals surface area contributed by atoms with Crippen molar-refractivity contribution in [2.75, 3.05) is 41.7 Å². The van der Waals surface area contributed by atoms with E-state index in [0.717, 1.165) is 0 Å². The highest BCUT2D eigenvalue weighted by Crippen LogP contribution is 2.04. The Morgan fingerprint density at radius 2 is 1.44 bits per heavy atom. The molecule has 18 heavy (non-hydrogen) atoms. The zero-order valence-corrected chi connectivity index (χ0v) is 10.7. The third kappa shape index (κ3) is 7.96. The van der Waals surface area contributed by atoms with E-state index >= 15 is 0 Å². The molecule has 0 radical (unpaired) electrons. The maximum Gasteiger partial charge on any atom is 0.338 e. The first-order valence-corrected chi connectivity index (χ1v) is 5.06. The van der Waals surface area contributed by atoms with Crippen molar-refractivity contribution < 1.29 is 38.0 Å². The molecule has 106 valence electrons. The van der Waals surface area contributed by atoms with E-state index in [1.54, 1.807) is 0 Å². The summed E-state index contributed by atoms with van der Waals surface area (Å²) < 4.78 is 28.1. The molecular formula is C10H18O8. The predicted molar refractivity (Wildman–Crippen MR) is 57.3 cm³/mol. The Bertz CT molecular complexity index is 242. The van der Waals surface area contributed by atoms with Gasteiger partial charge in [-0.2, -0.15) is 0 Å². The second-order valence-electron chi connectivity index (χ2n) is 3.06. The molecule has 0 aliphatic heterocycles. The van der Waals surface area contributed by atoms with E-state index in [1.807, 2.05) is 0 Å². The van der Waals surface area contributed by atoms with Gasteiger partial charge in [-0.1, -0.05) is 0 Å². The van der Waals surface area contributed by atoms with E-state index in [9.17, 15) is 9.59 Å². The minimum Gasteiger partial charge on any atom is -0.438 e. The predicted octanol–water partition coefficient (Wildman–Crippen LogP) is -0.340. The number of rotatable bonds is 10. The molecule has 0 fully saturated rings. The van der Waals surface area contributed by atoms with Gasteiger partial charge in [-0.15, -0.1) is 0 Å². The summed E-state index contributed by atoms with van der Waals surface area (Å²) in [6.07, 6.45) is -1.40. The average molecular weight is 266 g/mol. The summed E-state index contributed by atoms with van der Waals surface area (Å²) in [4.78, 5) is 22.8. The summed E-state index contributed by atoms with van der Waals surface area (Å²) in [6.45, 7) is -0.563. The van der Waals surface area contributed by atoms with Gasteiger partial charge >= 0.3 is 11.9 Å². The van der Waals surface area contributed by atoms with Gasteiger partial charge in [0.15, 0.2) is 19.7 Å². The van der Waals surface area contributed by atoms with Crippen molar-refractivity contribution in [2.45, 2.75) is 12.5 Å². The lowest BCUT2D eigenvalue weighted by atomic mass is 10.2. The number of hydrogen-bond donors (Lipinski definition) is 0. The molecule has 0 amide bonds. The Kier molecular flexibility index (Phi) is 10.2. The Morgan fingerprint density at radius 3 is 2.00 bits per heavy atom. The smallest absolute Gasteiger partial charge is 0.338 e. The molecule has 0 N–H and O–H groups in total. The van der Waals surface area contributed by atoms with Gasteiger partial charge in [0, 0.05) is 21.3 Å². The molecule has 0 bridgehead atoms. The highest BCUT2D eigenvalue weighted by Gasteiger charge is 2.25. The molecule has 0 aromatic rings. The molecular weight excluding hydrogens is 248 g/mol. The third-order valence-corrected chi connectivity index (χ3v) is 1.66. The van der Waals surface area contributed by atoms with Gasteiger partial charge in [0.25, 0.3) is 0 Å². The number of hydrogen-bond acceptors (Lipinski definition) is 8. The van der Waals surface area contributed by atoms with Crippen molar-refractivity contribution in [2.24, 2.45) is 0 Å². The molecule has 8 nitrogen and oxygen atoms in total. The van der Waals surface area contributed by atoms with Crippen molar-refractivity contribution in [3.05, 3.63) is 0 Å². The molecule has 0 spiro atoms. The quantitative estimate of drug-likeness (QED) is 0.392. The highest BCUT2D eigenvalue weighted by atomic mass is 16.7. The van der Waals surface area contributed by atoms with Crippen LogP contribution in [0, 0.1) is 0 Å². The second kappa shape index (κ2) is 10.9. The topological polar surface area (TPSA) is 89.5 Å². The van der Waals surface area contributed by atoms with Crippen LogP contribution in [0.25, 0.3) is 0 Å². The Morgan fingerprint density at radius 1 is 0.889 bits per heavy atom. The van der Waals surface area contributed by atoms with E-state index in [-0.39, 0.29) is 26.8 Å². The van der Waals surface area contributed by atoms with Crippen LogP contribution in [0.3, 0.4) is 0 Å². The number of ether oxygens (including phenoxy) is 6. The summed E-state index contributed by atoms with van der Waals surface area (Å²) in [5, 5.41) is 0. The molecule has 0 saturated carbocycles.